The van der Waals surface area contributed by atoms with Crippen LogP contribution in [-0.2, 0) is 34.0 Å². The Balaban J connectivity index is 0.00000372. The van der Waals surface area contributed by atoms with E-state index < -0.39 is 0 Å². The predicted octanol–water partition coefficient (Wildman–Crippen LogP) is 9.21. The van der Waals surface area contributed by atoms with Crippen LogP contribution in [0.15, 0.2) is 91.4 Å². The molecule has 0 aliphatic carbocycles. The zero-order valence-corrected chi connectivity index (χ0v) is 30.1. The molecule has 2 aromatic heterocycles. The third kappa shape index (κ3) is 5.62. The Morgan fingerprint density at radius 3 is 2.15 bits per heavy atom. The summed E-state index contributed by atoms with van der Waals surface area (Å²) in [5.74, 6) is 2.94. The first-order chi connectivity index (χ1) is 21.7. The second kappa shape index (κ2) is 12.6. The number of hydrogen-bond donors (Lipinski definition) is 0. The van der Waals surface area contributed by atoms with Crippen molar-refractivity contribution in [3.05, 3.63) is 142 Å². The number of hydrogen-bond acceptors (Lipinski definition) is 1. The molecule has 0 atom stereocenters. The molecule has 6 aromatic rings. The summed E-state index contributed by atoms with van der Waals surface area (Å²) in [6, 6.07) is 30.4. The van der Waals surface area contributed by atoms with Crippen LogP contribution < -0.4 is 4.57 Å². The Bertz CT molecular complexity index is 2010. The Morgan fingerprint density at radius 1 is 0.783 bits per heavy atom. The molecule has 46 heavy (non-hydrogen) atoms. The van der Waals surface area contributed by atoms with Crippen LogP contribution in [0.5, 0.6) is 0 Å². The van der Waals surface area contributed by atoms with Crippen molar-refractivity contribution in [2.45, 2.75) is 73.3 Å². The molecule has 0 spiro atoms. The maximum absolute atomic E-state index is 5.40. The number of aromatic nitrogens is 4. The number of benzene rings is 4. The summed E-state index contributed by atoms with van der Waals surface area (Å²) in [5, 5.41) is 0. The molecule has 0 N–H and O–H groups in total. The van der Waals surface area contributed by atoms with Gasteiger partial charge < -0.3 is 4.57 Å². The summed E-state index contributed by atoms with van der Waals surface area (Å²) in [5.41, 5.74) is 14.7. The van der Waals surface area contributed by atoms with Gasteiger partial charge in [-0.3, -0.25) is 4.57 Å². The molecule has 0 saturated carbocycles. The molecule has 0 saturated heterocycles. The quantitative estimate of drug-likeness (QED) is 0.129. The second-order valence-corrected chi connectivity index (χ2v) is 13.3. The summed E-state index contributed by atoms with van der Waals surface area (Å²) in [4.78, 5) is 5.40. The molecule has 4 aromatic carbocycles. The summed E-state index contributed by atoms with van der Waals surface area (Å²) >= 11 is 0. The minimum atomic E-state index is 0. The molecular formula is C41H42N4Pt. The van der Waals surface area contributed by atoms with Crippen molar-refractivity contribution in [1.82, 2.24) is 14.1 Å². The van der Waals surface area contributed by atoms with Crippen molar-refractivity contribution in [3.63, 3.8) is 0 Å². The van der Waals surface area contributed by atoms with Gasteiger partial charge in [-0.1, -0.05) is 93.4 Å². The number of rotatable bonds is 4. The summed E-state index contributed by atoms with van der Waals surface area (Å²) in [7, 11) is 0. The monoisotopic (exact) mass is 785 g/mol. The Kier molecular flexibility index (Phi) is 8.78. The third-order valence-electron chi connectivity index (χ3n) is 9.23. The zero-order valence-electron chi connectivity index (χ0n) is 27.8. The van der Waals surface area contributed by atoms with Gasteiger partial charge in [0.25, 0.3) is 0 Å². The molecule has 4 nitrogen and oxygen atoms in total. The van der Waals surface area contributed by atoms with Crippen molar-refractivity contribution in [3.8, 4) is 34.0 Å². The van der Waals surface area contributed by atoms with Crippen LogP contribution in [0.3, 0.4) is 0 Å². The third-order valence-corrected chi connectivity index (χ3v) is 9.23. The number of imidazole rings is 2. The largest absolute Gasteiger partial charge is 0.302 e. The van der Waals surface area contributed by atoms with E-state index in [0.717, 1.165) is 35.0 Å². The Morgan fingerprint density at radius 2 is 1.46 bits per heavy atom. The van der Waals surface area contributed by atoms with E-state index in [0.29, 0.717) is 18.3 Å². The second-order valence-electron chi connectivity index (χ2n) is 13.3. The number of fused-ring (bicyclic) bond motifs is 8. The average Bonchev–Trinajstić information content (AvgIpc) is 3.61. The van der Waals surface area contributed by atoms with Gasteiger partial charge in [0.05, 0.1) is 11.4 Å². The van der Waals surface area contributed by atoms with Crippen LogP contribution in [0.1, 0.15) is 84.3 Å². The van der Waals surface area contributed by atoms with Gasteiger partial charge in [-0.25, -0.2) is 9.55 Å². The Labute approximate surface area is 288 Å². The van der Waals surface area contributed by atoms with E-state index in [1.54, 1.807) is 0 Å². The molecule has 3 heterocycles. The first-order valence-corrected chi connectivity index (χ1v) is 16.2. The zero-order chi connectivity index (χ0) is 31.4. The van der Waals surface area contributed by atoms with E-state index in [2.05, 4.69) is 160 Å². The maximum atomic E-state index is 5.40. The molecule has 0 fully saturated rings. The minimum absolute atomic E-state index is 0. The molecule has 7 rings (SSSR count). The molecule has 236 valence electrons. The average molecular weight is 786 g/mol. The fourth-order valence-electron chi connectivity index (χ4n) is 7.08. The van der Waals surface area contributed by atoms with Crippen molar-refractivity contribution in [1.29, 1.82) is 0 Å². The van der Waals surface area contributed by atoms with Crippen LogP contribution in [-0.4, -0.2) is 14.1 Å². The normalized spacial score (nSPS) is 12.3. The van der Waals surface area contributed by atoms with E-state index in [9.17, 15) is 0 Å². The molecular weight excluding hydrogens is 744 g/mol. The standard InChI is InChI=1S/C41H42N4.Pt/c1-26(2)35-20-28(5)21-36(27(3)4)40(35)45-25-37-34-17-9-8-15-33(34)24-43-18-19-44(39-29(6)12-10-13-30(39)7)41(43)32-16-11-14-31(22-32)23-38(45)42-37;/h8-21,25-27H,23-24H2,1-7H3;. The molecule has 0 amide bonds. The van der Waals surface area contributed by atoms with Crippen molar-refractivity contribution >= 4 is 0 Å². The first-order valence-electron chi connectivity index (χ1n) is 16.2. The van der Waals surface area contributed by atoms with Gasteiger partial charge in [0.15, 0.2) is 0 Å². The smallest absolute Gasteiger partial charge is 0.213 e. The van der Waals surface area contributed by atoms with Gasteiger partial charge in [0, 0.05) is 44.8 Å². The minimum Gasteiger partial charge on any atom is -0.302 e. The number of nitrogens with zero attached hydrogens (tertiary/aromatic N) is 4. The summed E-state index contributed by atoms with van der Waals surface area (Å²) in [6.07, 6.45) is 7.39. The van der Waals surface area contributed by atoms with Gasteiger partial charge >= 0.3 is 0 Å². The topological polar surface area (TPSA) is 26.6 Å². The van der Waals surface area contributed by atoms with Crippen LogP contribution in [0.4, 0.5) is 0 Å². The van der Waals surface area contributed by atoms with Crippen LogP contribution in [0, 0.1) is 26.8 Å². The van der Waals surface area contributed by atoms with Crippen molar-refractivity contribution in [2.24, 2.45) is 0 Å². The van der Waals surface area contributed by atoms with E-state index in [4.69, 9.17) is 4.98 Å². The van der Waals surface area contributed by atoms with Gasteiger partial charge in [-0.2, -0.15) is 0 Å². The Hall–Kier alpha value is -4.01. The number of aryl methyl sites for hydroxylation is 3. The van der Waals surface area contributed by atoms with Gasteiger partial charge in [-0.05, 0) is 54.9 Å². The van der Waals surface area contributed by atoms with Crippen molar-refractivity contribution < 1.29 is 25.6 Å². The molecule has 5 heteroatoms. The van der Waals surface area contributed by atoms with Gasteiger partial charge in [0.1, 0.15) is 30.5 Å². The van der Waals surface area contributed by atoms with E-state index in [-0.39, 0.29) is 21.1 Å². The molecule has 4 bridgehead atoms. The summed E-state index contributed by atoms with van der Waals surface area (Å²) in [6.45, 7) is 16.5. The maximum Gasteiger partial charge on any atom is 0.213 e. The fraction of sp³-hybridized carbons (Fsp3) is 0.268. The fourth-order valence-corrected chi connectivity index (χ4v) is 7.08. The SMILES string of the molecule is Cc1cc(C(C)C)c(-n2cc3nc2Cc2[c-]c(ccc2)-c2n(-c4c(C)cccc4C)cc[n+]2Cc2ccccc2-3)c(C(C)C)c1.[Pt]. The molecule has 1 aliphatic heterocycles. The van der Waals surface area contributed by atoms with E-state index in [1.165, 1.54) is 50.3 Å². The van der Waals surface area contributed by atoms with Crippen LogP contribution in [0.2, 0.25) is 0 Å². The molecule has 0 unspecified atom stereocenters. The van der Waals surface area contributed by atoms with Crippen LogP contribution >= 0.6 is 0 Å². The van der Waals surface area contributed by atoms with E-state index >= 15 is 0 Å². The molecule has 0 radical (unpaired) electrons. The first kappa shape index (κ1) is 31.9. The summed E-state index contributed by atoms with van der Waals surface area (Å²) < 4.78 is 7.11. The predicted molar refractivity (Wildman–Crippen MR) is 184 cm³/mol. The van der Waals surface area contributed by atoms with E-state index in [1.807, 2.05) is 0 Å². The molecule has 1 aliphatic rings. The van der Waals surface area contributed by atoms with Gasteiger partial charge in [0.2, 0.25) is 5.82 Å². The van der Waals surface area contributed by atoms with Crippen molar-refractivity contribution in [2.75, 3.05) is 0 Å². The number of para-hydroxylation sites is 1. The van der Waals surface area contributed by atoms with Crippen LogP contribution in [0.25, 0.3) is 34.0 Å². The van der Waals surface area contributed by atoms with Gasteiger partial charge in [-0.15, -0.1) is 29.8 Å².